The molecule has 1 rings (SSSR count). The summed E-state index contributed by atoms with van der Waals surface area (Å²) in [7, 11) is 0. The van der Waals surface area contributed by atoms with Gasteiger partial charge < -0.3 is 10.2 Å². The van der Waals surface area contributed by atoms with E-state index < -0.39 is 0 Å². The van der Waals surface area contributed by atoms with Gasteiger partial charge in [0.25, 0.3) is 0 Å². The van der Waals surface area contributed by atoms with Gasteiger partial charge in [-0.2, -0.15) is 0 Å². The van der Waals surface area contributed by atoms with Crippen LogP contribution in [-0.2, 0) is 9.59 Å². The first-order valence-corrected chi connectivity index (χ1v) is 10.9. The Morgan fingerprint density at radius 2 is 1.71 bits per heavy atom. The number of rotatable bonds is 11. The average molecular weight is 391 g/mol. The lowest BCUT2D eigenvalue weighted by molar-refractivity contribution is -0.128. The third kappa shape index (κ3) is 7.85. The van der Waals surface area contributed by atoms with Crippen LogP contribution in [0.25, 0.3) is 0 Å². The van der Waals surface area contributed by atoms with E-state index in [1.54, 1.807) is 4.90 Å². The van der Waals surface area contributed by atoms with Gasteiger partial charge in [0.1, 0.15) is 0 Å². The first kappa shape index (κ1) is 21.2. The maximum Gasteiger partial charge on any atom is 0.233 e. The Kier molecular flexibility index (Phi) is 10.4. The van der Waals surface area contributed by atoms with Crippen molar-refractivity contribution in [1.29, 1.82) is 0 Å². The van der Waals surface area contributed by atoms with E-state index in [1.807, 2.05) is 20.8 Å². The van der Waals surface area contributed by atoms with Crippen molar-refractivity contribution in [3.8, 4) is 0 Å². The van der Waals surface area contributed by atoms with Gasteiger partial charge in [-0.1, -0.05) is 48.2 Å². The van der Waals surface area contributed by atoms with Crippen molar-refractivity contribution in [2.24, 2.45) is 0 Å². The number of carbonyl (C=O) groups is 2. The van der Waals surface area contributed by atoms with Crippen LogP contribution in [0.3, 0.4) is 0 Å². The smallest absolute Gasteiger partial charge is 0.233 e. The number of thioether (sulfide) groups is 2. The van der Waals surface area contributed by atoms with Gasteiger partial charge in [-0.05, 0) is 27.2 Å². The maximum atomic E-state index is 12.0. The zero-order valence-corrected chi connectivity index (χ0v) is 17.2. The first-order valence-electron chi connectivity index (χ1n) is 8.16. The summed E-state index contributed by atoms with van der Waals surface area (Å²) < 4.78 is 1.52. The molecular formula is C15H26N4O2S3. The Bertz CT molecular complexity index is 521. The molecule has 0 spiro atoms. The largest absolute Gasteiger partial charge is 0.353 e. The van der Waals surface area contributed by atoms with Crippen molar-refractivity contribution in [3.05, 3.63) is 0 Å². The molecule has 0 bridgehead atoms. The zero-order valence-electron chi connectivity index (χ0n) is 14.7. The van der Waals surface area contributed by atoms with Crippen molar-refractivity contribution in [2.45, 2.75) is 55.3 Å². The Balaban J connectivity index is 2.35. The summed E-state index contributed by atoms with van der Waals surface area (Å²) in [6.07, 6.45) is 2.04. The van der Waals surface area contributed by atoms with E-state index in [9.17, 15) is 9.59 Å². The number of amides is 2. The van der Waals surface area contributed by atoms with Crippen molar-refractivity contribution in [1.82, 2.24) is 20.4 Å². The summed E-state index contributed by atoms with van der Waals surface area (Å²) in [6.45, 7) is 9.50. The van der Waals surface area contributed by atoms with Crippen molar-refractivity contribution >= 4 is 46.7 Å². The van der Waals surface area contributed by atoms with E-state index in [2.05, 4.69) is 22.4 Å². The van der Waals surface area contributed by atoms with Crippen LogP contribution in [0.4, 0.5) is 0 Å². The molecule has 2 amide bonds. The number of nitrogens with one attached hydrogen (secondary N) is 1. The highest BCUT2D eigenvalue weighted by Gasteiger charge is 2.13. The summed E-state index contributed by atoms with van der Waals surface area (Å²) in [5.41, 5.74) is 0. The van der Waals surface area contributed by atoms with Crippen molar-refractivity contribution < 1.29 is 9.59 Å². The Hall–Kier alpha value is -0.800. The number of hydrogen-bond donors (Lipinski definition) is 1. The molecule has 0 aromatic carbocycles. The molecule has 1 atom stereocenters. The predicted octanol–water partition coefficient (Wildman–Crippen LogP) is 2.90. The molecule has 1 aromatic rings. The molecular weight excluding hydrogens is 364 g/mol. The van der Waals surface area contributed by atoms with Crippen molar-refractivity contribution in [3.63, 3.8) is 0 Å². The SMILES string of the molecule is CCCC(C)NC(=O)CSc1nnc(SCC(=O)N(CC)CC)s1. The van der Waals surface area contributed by atoms with Crippen LogP contribution in [0.5, 0.6) is 0 Å². The monoisotopic (exact) mass is 390 g/mol. The van der Waals surface area contributed by atoms with E-state index in [4.69, 9.17) is 0 Å². The minimum atomic E-state index is 0.0158. The van der Waals surface area contributed by atoms with Gasteiger partial charge >= 0.3 is 0 Å². The minimum Gasteiger partial charge on any atom is -0.353 e. The minimum absolute atomic E-state index is 0.0158. The predicted molar refractivity (Wildman–Crippen MR) is 102 cm³/mol. The lowest BCUT2D eigenvalue weighted by Gasteiger charge is -2.17. The average Bonchev–Trinajstić information content (AvgIpc) is 3.00. The second-order valence-corrected chi connectivity index (χ2v) is 8.66. The van der Waals surface area contributed by atoms with Gasteiger partial charge in [-0.15, -0.1) is 10.2 Å². The molecule has 0 saturated heterocycles. The van der Waals surface area contributed by atoms with Crippen LogP contribution >= 0.6 is 34.9 Å². The van der Waals surface area contributed by atoms with Crippen molar-refractivity contribution in [2.75, 3.05) is 24.6 Å². The molecule has 24 heavy (non-hydrogen) atoms. The molecule has 0 radical (unpaired) electrons. The molecule has 1 unspecified atom stereocenters. The van der Waals surface area contributed by atoms with Gasteiger partial charge in [0.15, 0.2) is 8.68 Å². The molecule has 0 aliphatic carbocycles. The normalized spacial score (nSPS) is 12.0. The topological polar surface area (TPSA) is 75.2 Å². The fraction of sp³-hybridized carbons (Fsp3) is 0.733. The highest BCUT2D eigenvalue weighted by atomic mass is 32.2. The van der Waals surface area contributed by atoms with E-state index >= 15 is 0 Å². The summed E-state index contributed by atoms with van der Waals surface area (Å²) in [5, 5.41) is 11.1. The Labute approximate surface area is 156 Å². The second kappa shape index (κ2) is 11.7. The highest BCUT2D eigenvalue weighted by Crippen LogP contribution is 2.28. The molecule has 0 saturated carbocycles. The summed E-state index contributed by atoms with van der Waals surface area (Å²) in [6, 6.07) is 0.203. The third-order valence-corrected chi connectivity index (χ3v) is 6.45. The lowest BCUT2D eigenvalue weighted by atomic mass is 10.2. The summed E-state index contributed by atoms with van der Waals surface area (Å²) >= 11 is 4.21. The van der Waals surface area contributed by atoms with Gasteiger partial charge in [0.2, 0.25) is 11.8 Å². The van der Waals surface area contributed by atoms with Crippen LogP contribution in [0.1, 0.15) is 40.5 Å². The van der Waals surface area contributed by atoms with E-state index in [-0.39, 0.29) is 17.9 Å². The molecule has 1 heterocycles. The van der Waals surface area contributed by atoms with Crippen LogP contribution in [0.2, 0.25) is 0 Å². The molecule has 9 heteroatoms. The van der Waals surface area contributed by atoms with Gasteiger partial charge in [-0.25, -0.2) is 0 Å². The van der Waals surface area contributed by atoms with Gasteiger partial charge in [0.05, 0.1) is 11.5 Å². The molecule has 0 aliphatic rings. The van der Waals surface area contributed by atoms with E-state index in [0.717, 1.165) is 34.6 Å². The van der Waals surface area contributed by atoms with Gasteiger partial charge in [0, 0.05) is 19.1 Å². The second-order valence-electron chi connectivity index (χ2n) is 5.23. The molecule has 1 aromatic heterocycles. The molecule has 0 aliphatic heterocycles. The quantitative estimate of drug-likeness (QED) is 0.586. The van der Waals surface area contributed by atoms with Crippen LogP contribution < -0.4 is 5.32 Å². The van der Waals surface area contributed by atoms with Crippen LogP contribution in [0.15, 0.2) is 8.68 Å². The Morgan fingerprint density at radius 1 is 1.12 bits per heavy atom. The fourth-order valence-corrected chi connectivity index (χ4v) is 4.79. The fourth-order valence-electron chi connectivity index (χ4n) is 2.05. The molecule has 0 fully saturated rings. The number of carbonyl (C=O) groups excluding carboxylic acids is 2. The lowest BCUT2D eigenvalue weighted by Crippen LogP contribution is -2.33. The van der Waals surface area contributed by atoms with E-state index in [1.165, 1.54) is 34.9 Å². The molecule has 1 N–H and O–H groups in total. The Morgan fingerprint density at radius 3 is 2.25 bits per heavy atom. The molecule has 136 valence electrons. The van der Waals surface area contributed by atoms with Crippen LogP contribution in [0, 0.1) is 0 Å². The standard InChI is InChI=1S/C15H26N4O2S3/c1-5-8-11(4)16-12(20)9-22-14-17-18-15(24-14)23-10-13(21)19(6-2)7-3/h11H,5-10H2,1-4H3,(H,16,20). The zero-order chi connectivity index (χ0) is 17.9. The van der Waals surface area contributed by atoms with Crippen LogP contribution in [-0.4, -0.2) is 57.5 Å². The van der Waals surface area contributed by atoms with Gasteiger partial charge in [-0.3, -0.25) is 9.59 Å². The van der Waals surface area contributed by atoms with E-state index in [0.29, 0.717) is 11.5 Å². The highest BCUT2D eigenvalue weighted by molar-refractivity contribution is 8.03. The molecule has 6 nitrogen and oxygen atoms in total. The first-order chi connectivity index (χ1) is 11.5. The maximum absolute atomic E-state index is 12.0. The summed E-state index contributed by atoms with van der Waals surface area (Å²) in [5.74, 6) is 0.836. The third-order valence-electron chi connectivity index (χ3n) is 3.28. The summed E-state index contributed by atoms with van der Waals surface area (Å²) in [4.78, 5) is 25.6. The number of aromatic nitrogens is 2. The number of hydrogen-bond acceptors (Lipinski definition) is 7. The number of nitrogens with zero attached hydrogens (tertiary/aromatic N) is 3.